The van der Waals surface area contributed by atoms with Crippen LogP contribution in [0.15, 0.2) is 0 Å². The van der Waals surface area contributed by atoms with Gasteiger partial charge in [-0.05, 0) is 12.8 Å². The van der Waals surface area contributed by atoms with E-state index < -0.39 is 0 Å². The predicted molar refractivity (Wildman–Crippen MR) is 46.7 cm³/mol. The van der Waals surface area contributed by atoms with E-state index in [0.717, 1.165) is 12.8 Å². The van der Waals surface area contributed by atoms with Crippen LogP contribution in [0.5, 0.6) is 0 Å². The molecule has 0 atom stereocenters. The lowest BCUT2D eigenvalue weighted by Crippen LogP contribution is -2.38. The molecule has 0 radical (unpaired) electrons. The Morgan fingerprint density at radius 1 is 1.58 bits per heavy atom. The monoisotopic (exact) mass is 171 g/mol. The Morgan fingerprint density at radius 2 is 2.17 bits per heavy atom. The third kappa shape index (κ3) is 2.21. The van der Waals surface area contributed by atoms with Gasteiger partial charge in [-0.15, -0.1) is 0 Å². The largest absolute Gasteiger partial charge is 0.395 e. The molecule has 1 amide bonds. The van der Waals surface area contributed by atoms with E-state index in [4.69, 9.17) is 5.11 Å². The van der Waals surface area contributed by atoms with Crippen LogP contribution in [0.25, 0.3) is 0 Å². The van der Waals surface area contributed by atoms with Crippen LogP contribution in [0.3, 0.4) is 0 Å². The molecule has 0 aromatic carbocycles. The van der Waals surface area contributed by atoms with E-state index in [0.29, 0.717) is 12.6 Å². The second-order valence-corrected chi connectivity index (χ2v) is 3.64. The zero-order valence-corrected chi connectivity index (χ0v) is 7.79. The fourth-order valence-electron chi connectivity index (χ4n) is 1.30. The summed E-state index contributed by atoms with van der Waals surface area (Å²) < 4.78 is 0. The van der Waals surface area contributed by atoms with Gasteiger partial charge in [0, 0.05) is 18.5 Å². The molecule has 3 nitrogen and oxygen atoms in total. The van der Waals surface area contributed by atoms with Crippen molar-refractivity contribution in [3.63, 3.8) is 0 Å². The molecule has 1 aliphatic rings. The molecule has 3 heteroatoms. The molecule has 0 bridgehead atoms. The highest BCUT2D eigenvalue weighted by Crippen LogP contribution is 2.27. The number of aliphatic hydroxyl groups is 1. The Kier molecular flexibility index (Phi) is 3.09. The fourth-order valence-corrected chi connectivity index (χ4v) is 1.30. The Balaban J connectivity index is 2.46. The van der Waals surface area contributed by atoms with Crippen molar-refractivity contribution in [2.24, 2.45) is 5.92 Å². The van der Waals surface area contributed by atoms with E-state index in [-0.39, 0.29) is 18.4 Å². The molecule has 1 rings (SSSR count). The zero-order valence-electron chi connectivity index (χ0n) is 7.79. The molecule has 0 saturated heterocycles. The molecular weight excluding hydrogens is 154 g/mol. The van der Waals surface area contributed by atoms with Crippen LogP contribution in [0.4, 0.5) is 0 Å². The first kappa shape index (κ1) is 9.52. The van der Waals surface area contributed by atoms with Crippen molar-refractivity contribution in [1.29, 1.82) is 0 Å². The first-order valence-electron chi connectivity index (χ1n) is 4.58. The molecule has 0 aromatic rings. The third-order valence-electron chi connectivity index (χ3n) is 2.11. The van der Waals surface area contributed by atoms with E-state index in [9.17, 15) is 4.79 Å². The van der Waals surface area contributed by atoms with Crippen molar-refractivity contribution in [2.45, 2.75) is 32.7 Å². The van der Waals surface area contributed by atoms with Gasteiger partial charge in [0.1, 0.15) is 0 Å². The summed E-state index contributed by atoms with van der Waals surface area (Å²) in [5, 5.41) is 8.75. The number of carbonyl (C=O) groups is 1. The molecule has 0 aromatic heterocycles. The second-order valence-electron chi connectivity index (χ2n) is 3.64. The van der Waals surface area contributed by atoms with Gasteiger partial charge in [0.25, 0.3) is 0 Å². The maximum absolute atomic E-state index is 11.5. The summed E-state index contributed by atoms with van der Waals surface area (Å²) in [7, 11) is 0. The van der Waals surface area contributed by atoms with Crippen molar-refractivity contribution in [3.8, 4) is 0 Å². The van der Waals surface area contributed by atoms with Gasteiger partial charge < -0.3 is 10.0 Å². The van der Waals surface area contributed by atoms with Gasteiger partial charge >= 0.3 is 0 Å². The maximum atomic E-state index is 11.5. The lowest BCUT2D eigenvalue weighted by atomic mass is 10.2. The summed E-state index contributed by atoms with van der Waals surface area (Å²) in [5.41, 5.74) is 0. The van der Waals surface area contributed by atoms with E-state index in [1.165, 1.54) is 0 Å². The average molecular weight is 171 g/mol. The predicted octanol–water partition coefficient (Wildman–Crippen LogP) is 0.626. The normalized spacial score (nSPS) is 16.7. The molecule has 12 heavy (non-hydrogen) atoms. The lowest BCUT2D eigenvalue weighted by molar-refractivity contribution is -0.135. The SMILES string of the molecule is CC(C)C(=O)N(CCO)C1CC1. The summed E-state index contributed by atoms with van der Waals surface area (Å²) >= 11 is 0. The molecule has 70 valence electrons. The van der Waals surface area contributed by atoms with Gasteiger partial charge in [0.2, 0.25) is 5.91 Å². The molecule has 1 N–H and O–H groups in total. The van der Waals surface area contributed by atoms with Crippen LogP contribution < -0.4 is 0 Å². The maximum Gasteiger partial charge on any atom is 0.225 e. The minimum Gasteiger partial charge on any atom is -0.395 e. The van der Waals surface area contributed by atoms with E-state index in [1.807, 2.05) is 18.7 Å². The lowest BCUT2D eigenvalue weighted by Gasteiger charge is -2.23. The summed E-state index contributed by atoms with van der Waals surface area (Å²) in [4.78, 5) is 13.3. The van der Waals surface area contributed by atoms with Crippen LogP contribution in [0, 0.1) is 5.92 Å². The molecule has 1 saturated carbocycles. The summed E-state index contributed by atoms with van der Waals surface area (Å²) in [6.07, 6.45) is 2.22. The number of hydrogen-bond donors (Lipinski definition) is 1. The highest BCUT2D eigenvalue weighted by molar-refractivity contribution is 5.78. The molecule has 0 aliphatic heterocycles. The number of hydrogen-bond acceptors (Lipinski definition) is 2. The molecule has 0 unspecified atom stereocenters. The molecular formula is C9H17NO2. The molecule has 1 aliphatic carbocycles. The Labute approximate surface area is 73.4 Å². The highest BCUT2D eigenvalue weighted by atomic mass is 16.3. The van der Waals surface area contributed by atoms with Gasteiger partial charge in [-0.25, -0.2) is 0 Å². The van der Waals surface area contributed by atoms with Gasteiger partial charge in [-0.3, -0.25) is 4.79 Å². The number of aliphatic hydroxyl groups excluding tert-OH is 1. The third-order valence-corrected chi connectivity index (χ3v) is 2.11. The first-order chi connectivity index (χ1) is 5.66. The van der Waals surface area contributed by atoms with Crippen molar-refractivity contribution in [3.05, 3.63) is 0 Å². The number of rotatable bonds is 4. The Hall–Kier alpha value is -0.570. The number of nitrogens with zero attached hydrogens (tertiary/aromatic N) is 1. The van der Waals surface area contributed by atoms with E-state index in [1.54, 1.807) is 0 Å². The second kappa shape index (κ2) is 3.90. The van der Waals surface area contributed by atoms with Gasteiger partial charge in [-0.2, -0.15) is 0 Å². The van der Waals surface area contributed by atoms with Crippen LogP contribution in [-0.4, -0.2) is 35.1 Å². The first-order valence-corrected chi connectivity index (χ1v) is 4.58. The van der Waals surface area contributed by atoms with Crippen LogP contribution in [0.2, 0.25) is 0 Å². The summed E-state index contributed by atoms with van der Waals surface area (Å²) in [5.74, 6) is 0.226. The standard InChI is InChI=1S/C9H17NO2/c1-7(2)9(12)10(5-6-11)8-3-4-8/h7-8,11H,3-6H2,1-2H3. The smallest absolute Gasteiger partial charge is 0.225 e. The zero-order chi connectivity index (χ0) is 9.14. The van der Waals surface area contributed by atoms with Crippen molar-refractivity contribution in [1.82, 2.24) is 4.90 Å². The van der Waals surface area contributed by atoms with Gasteiger partial charge in [-0.1, -0.05) is 13.8 Å². The highest BCUT2D eigenvalue weighted by Gasteiger charge is 2.32. The van der Waals surface area contributed by atoms with Crippen LogP contribution in [0.1, 0.15) is 26.7 Å². The molecule has 0 heterocycles. The fraction of sp³-hybridized carbons (Fsp3) is 0.889. The topological polar surface area (TPSA) is 40.5 Å². The van der Waals surface area contributed by atoms with Crippen LogP contribution >= 0.6 is 0 Å². The van der Waals surface area contributed by atoms with Crippen molar-refractivity contribution in [2.75, 3.05) is 13.2 Å². The van der Waals surface area contributed by atoms with Crippen LogP contribution in [-0.2, 0) is 4.79 Å². The van der Waals surface area contributed by atoms with E-state index >= 15 is 0 Å². The number of carbonyl (C=O) groups excluding carboxylic acids is 1. The average Bonchev–Trinajstić information content (AvgIpc) is 2.81. The van der Waals surface area contributed by atoms with Gasteiger partial charge in [0.05, 0.1) is 6.61 Å². The quantitative estimate of drug-likeness (QED) is 0.674. The minimum atomic E-state index is 0.0529. The Bertz CT molecular complexity index is 164. The molecule has 1 fully saturated rings. The number of amides is 1. The van der Waals surface area contributed by atoms with Crippen molar-refractivity contribution < 1.29 is 9.90 Å². The van der Waals surface area contributed by atoms with Gasteiger partial charge in [0.15, 0.2) is 0 Å². The summed E-state index contributed by atoms with van der Waals surface area (Å²) in [6, 6.07) is 0.423. The Morgan fingerprint density at radius 3 is 2.50 bits per heavy atom. The molecule has 0 spiro atoms. The van der Waals surface area contributed by atoms with Crippen molar-refractivity contribution >= 4 is 5.91 Å². The summed E-state index contributed by atoms with van der Waals surface area (Å²) in [6.45, 7) is 4.38. The van der Waals surface area contributed by atoms with E-state index in [2.05, 4.69) is 0 Å². The minimum absolute atomic E-state index is 0.0529.